The van der Waals surface area contributed by atoms with Gasteiger partial charge in [-0.25, -0.2) is 9.97 Å². The summed E-state index contributed by atoms with van der Waals surface area (Å²) in [5, 5.41) is 3.00. The molecule has 1 unspecified atom stereocenters. The Morgan fingerprint density at radius 1 is 1.47 bits per heavy atom. The number of nitrogens with one attached hydrogen (secondary N) is 1. The van der Waals surface area contributed by atoms with Crippen LogP contribution in [0.1, 0.15) is 25.8 Å². The Bertz CT molecular complexity index is 330. The monoisotopic (exact) mass is 273 g/mol. The number of halogens is 1. The van der Waals surface area contributed by atoms with Gasteiger partial charge in [-0.3, -0.25) is 0 Å². The van der Waals surface area contributed by atoms with E-state index in [1.807, 2.05) is 7.05 Å². The Morgan fingerprint density at radius 3 is 2.60 bits per heavy atom. The van der Waals surface area contributed by atoms with Crippen molar-refractivity contribution in [3.63, 3.8) is 0 Å². The van der Waals surface area contributed by atoms with Gasteiger partial charge < -0.3 is 10.1 Å². The largest absolute Gasteiger partial charge is 0.373 e. The van der Waals surface area contributed by atoms with Gasteiger partial charge in [0.25, 0.3) is 0 Å². The minimum atomic E-state index is -0.0646. The van der Waals surface area contributed by atoms with Gasteiger partial charge in [0.05, 0.1) is 4.47 Å². The molecule has 0 spiro atoms. The van der Waals surface area contributed by atoms with Crippen LogP contribution in [-0.2, 0) is 4.74 Å². The van der Waals surface area contributed by atoms with Crippen molar-refractivity contribution in [2.45, 2.75) is 20.0 Å². The van der Waals surface area contributed by atoms with Gasteiger partial charge in [-0.1, -0.05) is 13.8 Å². The van der Waals surface area contributed by atoms with E-state index in [0.717, 1.165) is 10.3 Å². The maximum Gasteiger partial charge on any atom is 0.159 e. The Morgan fingerprint density at radius 2 is 2.13 bits per heavy atom. The highest BCUT2D eigenvalue weighted by atomic mass is 79.9. The van der Waals surface area contributed by atoms with E-state index in [1.165, 1.54) is 0 Å². The maximum atomic E-state index is 5.37. The van der Waals surface area contributed by atoms with Gasteiger partial charge in [-0.15, -0.1) is 0 Å². The summed E-state index contributed by atoms with van der Waals surface area (Å²) in [6.07, 6.45) is 1.67. The fraction of sp³-hybridized carbons (Fsp3) is 0.600. The quantitative estimate of drug-likeness (QED) is 0.916. The third-order valence-corrected chi connectivity index (χ3v) is 2.69. The number of methoxy groups -OCH3 is 1. The molecule has 0 aliphatic rings. The van der Waals surface area contributed by atoms with Crippen LogP contribution in [0.2, 0.25) is 0 Å². The summed E-state index contributed by atoms with van der Waals surface area (Å²) in [6, 6.07) is 0. The summed E-state index contributed by atoms with van der Waals surface area (Å²) < 4.78 is 6.22. The van der Waals surface area contributed by atoms with Gasteiger partial charge in [-0.05, 0) is 21.8 Å². The topological polar surface area (TPSA) is 47.0 Å². The van der Waals surface area contributed by atoms with Crippen molar-refractivity contribution >= 4 is 21.7 Å². The summed E-state index contributed by atoms with van der Waals surface area (Å²) in [7, 11) is 3.50. The number of rotatable bonds is 4. The first kappa shape index (κ1) is 12.4. The van der Waals surface area contributed by atoms with Crippen LogP contribution in [-0.4, -0.2) is 24.1 Å². The molecule has 0 fully saturated rings. The molecule has 1 rings (SSSR count). The first-order valence-corrected chi connectivity index (χ1v) is 5.62. The summed E-state index contributed by atoms with van der Waals surface area (Å²) >= 11 is 3.37. The van der Waals surface area contributed by atoms with Crippen LogP contribution < -0.4 is 5.32 Å². The molecule has 0 aliphatic carbocycles. The van der Waals surface area contributed by atoms with Gasteiger partial charge >= 0.3 is 0 Å². The molecule has 84 valence electrons. The molecular formula is C10H16BrN3O. The van der Waals surface area contributed by atoms with Crippen LogP contribution in [0.15, 0.2) is 10.7 Å². The van der Waals surface area contributed by atoms with E-state index in [4.69, 9.17) is 4.74 Å². The SMILES string of the molecule is CNc1nc(C(OC)C(C)C)ncc1Br. The second-order valence-corrected chi connectivity index (χ2v) is 4.43. The van der Waals surface area contributed by atoms with Gasteiger partial charge in [0.15, 0.2) is 5.82 Å². The minimum absolute atomic E-state index is 0.0646. The smallest absolute Gasteiger partial charge is 0.159 e. The molecule has 0 saturated heterocycles. The highest BCUT2D eigenvalue weighted by molar-refractivity contribution is 9.10. The predicted molar refractivity (Wildman–Crippen MR) is 63.9 cm³/mol. The van der Waals surface area contributed by atoms with E-state index in [2.05, 4.69) is 45.1 Å². The van der Waals surface area contributed by atoms with Crippen LogP contribution >= 0.6 is 15.9 Å². The van der Waals surface area contributed by atoms with E-state index < -0.39 is 0 Å². The average Bonchev–Trinajstić information content (AvgIpc) is 2.21. The first-order chi connectivity index (χ1) is 7.10. The van der Waals surface area contributed by atoms with Gasteiger partial charge in [0.2, 0.25) is 0 Å². The molecule has 0 aliphatic heterocycles. The number of hydrogen-bond donors (Lipinski definition) is 1. The van der Waals surface area contributed by atoms with Crippen LogP contribution in [0.5, 0.6) is 0 Å². The number of nitrogens with zero attached hydrogens (tertiary/aromatic N) is 2. The highest BCUT2D eigenvalue weighted by Gasteiger charge is 2.18. The van der Waals surface area contributed by atoms with Crippen molar-refractivity contribution < 1.29 is 4.74 Å². The summed E-state index contributed by atoms with van der Waals surface area (Å²) in [4.78, 5) is 8.65. The minimum Gasteiger partial charge on any atom is -0.373 e. The number of ether oxygens (including phenoxy) is 1. The third kappa shape index (κ3) is 2.89. The lowest BCUT2D eigenvalue weighted by atomic mass is 10.1. The summed E-state index contributed by atoms with van der Waals surface area (Å²) in [5.74, 6) is 1.84. The van der Waals surface area contributed by atoms with E-state index in [1.54, 1.807) is 13.3 Å². The zero-order valence-corrected chi connectivity index (χ0v) is 11.0. The van der Waals surface area contributed by atoms with Crippen LogP contribution in [0.25, 0.3) is 0 Å². The van der Waals surface area contributed by atoms with Crippen molar-refractivity contribution in [3.05, 3.63) is 16.5 Å². The molecule has 0 bridgehead atoms. The van der Waals surface area contributed by atoms with Crippen LogP contribution in [0.4, 0.5) is 5.82 Å². The van der Waals surface area contributed by atoms with Gasteiger partial charge in [-0.2, -0.15) is 0 Å². The first-order valence-electron chi connectivity index (χ1n) is 4.83. The van der Waals surface area contributed by atoms with Crippen molar-refractivity contribution in [1.29, 1.82) is 0 Å². The fourth-order valence-electron chi connectivity index (χ4n) is 1.37. The van der Waals surface area contributed by atoms with Crippen molar-refractivity contribution in [1.82, 2.24) is 9.97 Å². The zero-order chi connectivity index (χ0) is 11.4. The zero-order valence-electron chi connectivity index (χ0n) is 9.41. The van der Waals surface area contributed by atoms with Crippen molar-refractivity contribution in [2.24, 2.45) is 5.92 Å². The lowest BCUT2D eigenvalue weighted by molar-refractivity contribution is 0.0575. The second kappa shape index (κ2) is 5.42. The molecule has 5 heteroatoms. The second-order valence-electron chi connectivity index (χ2n) is 3.58. The lowest BCUT2D eigenvalue weighted by Crippen LogP contribution is -2.13. The van der Waals surface area contributed by atoms with E-state index in [-0.39, 0.29) is 6.10 Å². The Hall–Kier alpha value is -0.680. The predicted octanol–water partition coefficient (Wildman–Crippen LogP) is 2.62. The molecular weight excluding hydrogens is 258 g/mol. The molecule has 1 atom stereocenters. The van der Waals surface area contributed by atoms with Crippen molar-refractivity contribution in [3.8, 4) is 0 Å². The van der Waals surface area contributed by atoms with Crippen molar-refractivity contribution in [2.75, 3.05) is 19.5 Å². The Balaban J connectivity index is 3.03. The third-order valence-electron chi connectivity index (χ3n) is 2.11. The van der Waals surface area contributed by atoms with E-state index in [9.17, 15) is 0 Å². The molecule has 0 amide bonds. The number of aromatic nitrogens is 2. The standard InChI is InChI=1S/C10H16BrN3O/c1-6(2)8(15-4)10-13-5-7(11)9(12-3)14-10/h5-6,8H,1-4H3,(H,12,13,14). The normalized spacial score (nSPS) is 12.9. The molecule has 0 aromatic carbocycles. The molecule has 1 aromatic rings. The van der Waals surface area contributed by atoms with E-state index >= 15 is 0 Å². The molecule has 1 heterocycles. The molecule has 4 nitrogen and oxygen atoms in total. The average molecular weight is 274 g/mol. The summed E-state index contributed by atoms with van der Waals surface area (Å²) in [6.45, 7) is 4.16. The Labute approximate surface area is 98.6 Å². The molecule has 15 heavy (non-hydrogen) atoms. The molecule has 0 radical (unpaired) electrons. The maximum absolute atomic E-state index is 5.37. The van der Waals surface area contributed by atoms with Crippen LogP contribution in [0.3, 0.4) is 0 Å². The number of anilines is 1. The molecule has 1 aromatic heterocycles. The fourth-order valence-corrected chi connectivity index (χ4v) is 1.76. The van der Waals surface area contributed by atoms with Gasteiger partial charge in [0, 0.05) is 20.4 Å². The Kier molecular flexibility index (Phi) is 4.47. The van der Waals surface area contributed by atoms with E-state index in [0.29, 0.717) is 11.7 Å². The number of hydrogen-bond acceptors (Lipinski definition) is 4. The van der Waals surface area contributed by atoms with Gasteiger partial charge in [0.1, 0.15) is 11.9 Å². The molecule has 1 N–H and O–H groups in total. The summed E-state index contributed by atoms with van der Waals surface area (Å²) in [5.41, 5.74) is 0. The highest BCUT2D eigenvalue weighted by Crippen LogP contribution is 2.25. The lowest BCUT2D eigenvalue weighted by Gasteiger charge is -2.18. The molecule has 0 saturated carbocycles. The van der Waals surface area contributed by atoms with Crippen LogP contribution in [0, 0.1) is 5.92 Å².